The van der Waals surface area contributed by atoms with Crippen LogP contribution in [0.3, 0.4) is 0 Å². The molecule has 0 aliphatic rings. The van der Waals surface area contributed by atoms with E-state index in [4.69, 9.17) is 4.74 Å². The Labute approximate surface area is 109 Å². The van der Waals surface area contributed by atoms with Gasteiger partial charge in [-0.05, 0) is 0 Å². The first-order valence-electron chi connectivity index (χ1n) is 5.54. The van der Waals surface area contributed by atoms with Crippen LogP contribution in [0.4, 0.5) is 4.79 Å². The topological polar surface area (TPSA) is 44.1 Å². The number of ether oxygens (including phenoxy) is 1. The molecular formula is C12H13LiN2O2. The van der Waals surface area contributed by atoms with Crippen molar-refractivity contribution in [3.05, 3.63) is 24.5 Å². The number of nitrogens with zero attached hydrogens (tertiary/aromatic N) is 2. The van der Waals surface area contributed by atoms with Gasteiger partial charge in [0.05, 0.1) is 0 Å². The molecule has 5 heteroatoms. The number of rotatable bonds is 0. The van der Waals surface area contributed by atoms with Crippen molar-refractivity contribution in [2.45, 2.75) is 26.4 Å². The molecular weight excluding hydrogens is 211 g/mol. The molecule has 0 fully saturated rings. The summed E-state index contributed by atoms with van der Waals surface area (Å²) < 4.78 is 7.80. The molecule has 2 aromatic rings. The maximum absolute atomic E-state index is 12.1. The van der Waals surface area contributed by atoms with Crippen LogP contribution in [0.5, 0.6) is 0 Å². The molecule has 17 heavy (non-hydrogen) atoms. The second kappa shape index (κ2) is 4.21. The molecule has 0 aliphatic carbocycles. The maximum atomic E-state index is 12.1. The van der Waals surface area contributed by atoms with Crippen molar-refractivity contribution in [3.8, 4) is 0 Å². The third-order valence-electron chi connectivity index (χ3n) is 2.36. The SMILES string of the molecule is [Li][c]1cc2cnccc2n1C(=O)OC(C)(C)C. The van der Waals surface area contributed by atoms with Gasteiger partial charge in [-0.1, -0.05) is 0 Å². The van der Waals surface area contributed by atoms with Crippen LogP contribution in [0, 0.1) is 0 Å². The molecule has 0 spiro atoms. The van der Waals surface area contributed by atoms with Crippen LogP contribution in [0.25, 0.3) is 10.9 Å². The van der Waals surface area contributed by atoms with Crippen LogP contribution in [0.15, 0.2) is 24.5 Å². The second-order valence-electron chi connectivity index (χ2n) is 5.04. The van der Waals surface area contributed by atoms with E-state index >= 15 is 0 Å². The van der Waals surface area contributed by atoms with Gasteiger partial charge in [0.15, 0.2) is 0 Å². The Hall–Kier alpha value is -1.24. The van der Waals surface area contributed by atoms with E-state index in [1.54, 1.807) is 17.0 Å². The van der Waals surface area contributed by atoms with Crippen LogP contribution in [-0.2, 0) is 4.74 Å². The van der Waals surface area contributed by atoms with E-state index in [9.17, 15) is 4.79 Å². The van der Waals surface area contributed by atoms with Gasteiger partial charge in [-0.15, -0.1) is 0 Å². The summed E-state index contributed by atoms with van der Waals surface area (Å²) in [5.41, 5.74) is 0.333. The first-order chi connectivity index (χ1) is 7.88. The molecule has 0 saturated carbocycles. The van der Waals surface area contributed by atoms with Crippen LogP contribution in [0.2, 0.25) is 0 Å². The Morgan fingerprint density at radius 2 is 2.18 bits per heavy atom. The summed E-state index contributed by atoms with van der Waals surface area (Å²) >= 11 is 1.88. The number of carbonyl (C=O) groups is 1. The quantitative estimate of drug-likeness (QED) is 0.638. The summed E-state index contributed by atoms with van der Waals surface area (Å²) in [4.78, 5) is 16.1. The molecule has 4 nitrogen and oxygen atoms in total. The van der Waals surface area contributed by atoms with Gasteiger partial charge >= 0.3 is 109 Å². The van der Waals surface area contributed by atoms with Gasteiger partial charge < -0.3 is 0 Å². The monoisotopic (exact) mass is 224 g/mol. The van der Waals surface area contributed by atoms with E-state index < -0.39 is 5.60 Å². The summed E-state index contributed by atoms with van der Waals surface area (Å²) in [6.45, 7) is 5.56. The second-order valence-corrected chi connectivity index (χ2v) is 5.04. The average molecular weight is 224 g/mol. The fourth-order valence-electron chi connectivity index (χ4n) is 1.74. The van der Waals surface area contributed by atoms with Crippen molar-refractivity contribution in [3.63, 3.8) is 0 Å². The molecule has 2 rings (SSSR count). The first-order valence-corrected chi connectivity index (χ1v) is 5.54. The summed E-state index contributed by atoms with van der Waals surface area (Å²) in [5.74, 6) is 0. The number of hydrogen-bond donors (Lipinski definition) is 0. The van der Waals surface area contributed by atoms with Gasteiger partial charge in [-0.2, -0.15) is 0 Å². The van der Waals surface area contributed by atoms with Crippen molar-refractivity contribution in [2.24, 2.45) is 0 Å². The molecule has 0 aliphatic heterocycles. The molecule has 0 amide bonds. The molecule has 0 unspecified atom stereocenters. The molecule has 0 atom stereocenters. The molecule has 2 heterocycles. The van der Waals surface area contributed by atoms with Gasteiger partial charge in [-0.25, -0.2) is 0 Å². The number of aromatic nitrogens is 2. The zero-order valence-corrected chi connectivity index (χ0v) is 10.5. The Morgan fingerprint density at radius 1 is 1.47 bits per heavy atom. The zero-order chi connectivity index (χ0) is 12.6. The molecule has 84 valence electrons. The van der Waals surface area contributed by atoms with Gasteiger partial charge in [0.2, 0.25) is 0 Å². The van der Waals surface area contributed by atoms with E-state index in [-0.39, 0.29) is 6.09 Å². The van der Waals surface area contributed by atoms with Crippen molar-refractivity contribution in [1.82, 2.24) is 9.55 Å². The minimum absolute atomic E-state index is 0.351. The molecule has 0 radical (unpaired) electrons. The fraction of sp³-hybridized carbons (Fsp3) is 0.333. The summed E-state index contributed by atoms with van der Waals surface area (Å²) in [5, 5.41) is 0.941. The predicted molar refractivity (Wildman–Crippen MR) is 66.8 cm³/mol. The van der Waals surface area contributed by atoms with Gasteiger partial charge in [0, 0.05) is 0 Å². The molecule has 0 bridgehead atoms. The normalized spacial score (nSPS) is 11.8. The number of pyridine rings is 1. The predicted octanol–water partition coefficient (Wildman–Crippen LogP) is 1.61. The van der Waals surface area contributed by atoms with Crippen molar-refractivity contribution >= 4 is 39.1 Å². The Morgan fingerprint density at radius 3 is 2.82 bits per heavy atom. The van der Waals surface area contributed by atoms with Crippen LogP contribution in [-0.4, -0.2) is 39.0 Å². The minimum atomic E-state index is -0.493. The van der Waals surface area contributed by atoms with Crippen molar-refractivity contribution < 1.29 is 9.53 Å². The van der Waals surface area contributed by atoms with E-state index in [1.165, 1.54) is 0 Å². The van der Waals surface area contributed by atoms with E-state index in [0.717, 1.165) is 15.3 Å². The fourth-order valence-corrected chi connectivity index (χ4v) is 1.74. The summed E-state index contributed by atoms with van der Waals surface area (Å²) in [6.07, 6.45) is 3.06. The molecule has 0 N–H and O–H groups in total. The third kappa shape index (κ3) is 2.54. The Bertz CT molecular complexity index is 569. The summed E-state index contributed by atoms with van der Waals surface area (Å²) in [7, 11) is 0. The van der Waals surface area contributed by atoms with Crippen molar-refractivity contribution in [1.29, 1.82) is 0 Å². The average Bonchev–Trinajstić information content (AvgIpc) is 2.50. The van der Waals surface area contributed by atoms with E-state index in [1.807, 2.05) is 50.6 Å². The van der Waals surface area contributed by atoms with Crippen molar-refractivity contribution in [2.75, 3.05) is 0 Å². The molecule has 0 saturated heterocycles. The number of fused-ring (bicyclic) bond motifs is 1. The van der Waals surface area contributed by atoms with Gasteiger partial charge in [-0.3, -0.25) is 0 Å². The zero-order valence-electron chi connectivity index (χ0n) is 10.5. The number of hydrogen-bond acceptors (Lipinski definition) is 3. The van der Waals surface area contributed by atoms with Crippen LogP contribution >= 0.6 is 0 Å². The first kappa shape index (κ1) is 12.2. The summed E-state index contributed by atoms with van der Waals surface area (Å²) in [6, 6.07) is 3.73. The third-order valence-corrected chi connectivity index (χ3v) is 2.36. The van der Waals surface area contributed by atoms with Gasteiger partial charge in [0.25, 0.3) is 0 Å². The molecule has 2 aromatic heterocycles. The Balaban J connectivity index is 2.48. The Kier molecular flexibility index (Phi) is 3.03. The van der Waals surface area contributed by atoms with Gasteiger partial charge in [0.1, 0.15) is 0 Å². The standard InChI is InChI=1S/C12H13N2O2.Li/c1-12(2,3)16-11(15)14-7-5-9-8-13-6-4-10(9)14;/h4-6,8H,1-3H3;. The van der Waals surface area contributed by atoms with Crippen LogP contribution < -0.4 is 4.37 Å². The van der Waals surface area contributed by atoms with Crippen LogP contribution in [0.1, 0.15) is 20.8 Å². The number of carbonyl (C=O) groups excluding carboxylic acids is 1. The van der Waals surface area contributed by atoms with E-state index in [0.29, 0.717) is 0 Å². The molecule has 0 aromatic carbocycles. The van der Waals surface area contributed by atoms with E-state index in [2.05, 4.69) is 4.98 Å².